The highest BCUT2D eigenvalue weighted by atomic mass is 35.5. The molecule has 0 spiro atoms. The van der Waals surface area contributed by atoms with Gasteiger partial charge in [-0.05, 0) is 61.7 Å². The lowest BCUT2D eigenvalue weighted by molar-refractivity contribution is -0.143. The number of amides is 2. The van der Waals surface area contributed by atoms with E-state index in [9.17, 15) is 9.59 Å². The van der Waals surface area contributed by atoms with E-state index in [0.29, 0.717) is 36.9 Å². The summed E-state index contributed by atoms with van der Waals surface area (Å²) in [5.74, 6) is -1.07. The molecule has 2 aliphatic rings. The predicted octanol–water partition coefficient (Wildman–Crippen LogP) is 3.62. The molecule has 2 aromatic rings. The molecule has 2 fully saturated rings. The van der Waals surface area contributed by atoms with Gasteiger partial charge in [-0.15, -0.1) is 0 Å². The third-order valence-corrected chi connectivity index (χ3v) is 6.02. The topological polar surface area (TPSA) is 55.9 Å². The van der Waals surface area contributed by atoms with Crippen LogP contribution in [0.25, 0.3) is 0 Å². The number of piperazine rings is 1. The Balaban J connectivity index is 1.29. The van der Waals surface area contributed by atoms with Crippen molar-refractivity contribution >= 4 is 40.5 Å². The molecule has 2 aromatic carbocycles. The molecule has 0 unspecified atom stereocenters. The second-order valence-corrected chi connectivity index (χ2v) is 8.24. The van der Waals surface area contributed by atoms with E-state index in [1.54, 1.807) is 4.90 Å². The van der Waals surface area contributed by atoms with Gasteiger partial charge >= 0.3 is 11.8 Å². The van der Waals surface area contributed by atoms with Gasteiger partial charge in [0.25, 0.3) is 0 Å². The van der Waals surface area contributed by atoms with E-state index in [-0.39, 0.29) is 0 Å². The molecule has 1 N–H and O–H groups in total. The van der Waals surface area contributed by atoms with E-state index in [2.05, 4.69) is 15.1 Å². The molecular weight excluding hydrogens is 400 g/mol. The van der Waals surface area contributed by atoms with E-state index >= 15 is 0 Å². The van der Waals surface area contributed by atoms with Gasteiger partial charge in [0.2, 0.25) is 0 Å². The third-order valence-electron chi connectivity index (χ3n) is 5.78. The first-order valence-corrected chi connectivity index (χ1v) is 10.9. The third kappa shape index (κ3) is 4.87. The van der Waals surface area contributed by atoms with Gasteiger partial charge in [0.15, 0.2) is 0 Å². The van der Waals surface area contributed by atoms with Gasteiger partial charge in [0.05, 0.1) is 0 Å². The number of rotatable bonds is 3. The van der Waals surface area contributed by atoms with Crippen molar-refractivity contribution in [3.8, 4) is 0 Å². The Bertz CT molecular complexity index is 888. The molecule has 30 heavy (non-hydrogen) atoms. The number of hydrogen-bond donors (Lipinski definition) is 1. The maximum Gasteiger partial charge on any atom is 0.313 e. The molecule has 158 valence electrons. The number of hydrogen-bond acceptors (Lipinski definition) is 4. The summed E-state index contributed by atoms with van der Waals surface area (Å²) < 4.78 is 0. The van der Waals surface area contributed by atoms with Crippen LogP contribution in [0.1, 0.15) is 19.3 Å². The number of benzene rings is 2. The largest absolute Gasteiger partial charge is 0.372 e. The summed E-state index contributed by atoms with van der Waals surface area (Å²) in [6.45, 7) is 4.50. The normalized spacial score (nSPS) is 17.0. The summed E-state index contributed by atoms with van der Waals surface area (Å²) >= 11 is 6.07. The van der Waals surface area contributed by atoms with Crippen LogP contribution >= 0.6 is 11.6 Å². The summed E-state index contributed by atoms with van der Waals surface area (Å²) in [5.41, 5.74) is 2.84. The maximum absolute atomic E-state index is 12.6. The fraction of sp³-hybridized carbons (Fsp3) is 0.391. The Kier molecular flexibility index (Phi) is 6.43. The van der Waals surface area contributed by atoms with Crippen LogP contribution in [0.4, 0.5) is 17.1 Å². The summed E-state index contributed by atoms with van der Waals surface area (Å²) in [5, 5.41) is 3.43. The van der Waals surface area contributed by atoms with Crippen LogP contribution in [0.5, 0.6) is 0 Å². The average Bonchev–Trinajstić information content (AvgIpc) is 2.80. The Labute approximate surface area is 182 Å². The molecule has 6 nitrogen and oxygen atoms in total. The van der Waals surface area contributed by atoms with Crippen molar-refractivity contribution < 1.29 is 9.59 Å². The second-order valence-electron chi connectivity index (χ2n) is 7.81. The van der Waals surface area contributed by atoms with E-state index in [4.69, 9.17) is 11.6 Å². The van der Waals surface area contributed by atoms with Crippen LogP contribution in [0.15, 0.2) is 48.5 Å². The quantitative estimate of drug-likeness (QED) is 0.761. The minimum absolute atomic E-state index is 0.485. The minimum atomic E-state index is -0.586. The lowest BCUT2D eigenvalue weighted by Crippen LogP contribution is -2.51. The van der Waals surface area contributed by atoms with Crippen molar-refractivity contribution in [2.45, 2.75) is 19.3 Å². The fourth-order valence-electron chi connectivity index (χ4n) is 4.08. The monoisotopic (exact) mass is 426 g/mol. The number of nitrogens with zero attached hydrogens (tertiary/aromatic N) is 3. The van der Waals surface area contributed by atoms with Crippen molar-refractivity contribution in [3.63, 3.8) is 0 Å². The molecule has 2 amide bonds. The summed E-state index contributed by atoms with van der Waals surface area (Å²) in [7, 11) is 0. The molecule has 0 aromatic heterocycles. The molecule has 2 saturated heterocycles. The molecule has 0 bridgehead atoms. The van der Waals surface area contributed by atoms with Crippen molar-refractivity contribution in [1.82, 2.24) is 4.90 Å². The highest BCUT2D eigenvalue weighted by molar-refractivity contribution is 6.39. The first-order chi connectivity index (χ1) is 14.6. The first-order valence-electron chi connectivity index (χ1n) is 10.6. The summed E-state index contributed by atoms with van der Waals surface area (Å²) in [6, 6.07) is 15.4. The van der Waals surface area contributed by atoms with Gasteiger partial charge in [-0.1, -0.05) is 17.7 Å². The number of piperidine rings is 1. The number of anilines is 3. The molecule has 2 heterocycles. The minimum Gasteiger partial charge on any atom is -0.372 e. The lowest BCUT2D eigenvalue weighted by atomic mass is 10.1. The van der Waals surface area contributed by atoms with Crippen LogP contribution in [-0.4, -0.2) is 56.0 Å². The summed E-state index contributed by atoms with van der Waals surface area (Å²) in [4.78, 5) is 31.2. The number of nitrogens with one attached hydrogen (secondary N) is 1. The van der Waals surface area contributed by atoms with Gasteiger partial charge in [-0.3, -0.25) is 9.59 Å². The SMILES string of the molecule is O=C(Nc1ccc(N2CCCCC2)cc1)C(=O)N1CCN(c2cccc(Cl)c2)CC1. The van der Waals surface area contributed by atoms with E-state index in [1.807, 2.05) is 48.5 Å². The van der Waals surface area contributed by atoms with Crippen LogP contribution in [-0.2, 0) is 9.59 Å². The van der Waals surface area contributed by atoms with Crippen LogP contribution < -0.4 is 15.1 Å². The highest BCUT2D eigenvalue weighted by Crippen LogP contribution is 2.23. The standard InChI is InChI=1S/C23H27ClN4O2/c24-18-5-4-6-21(17-18)27-13-15-28(16-14-27)23(30)22(29)25-19-7-9-20(10-8-19)26-11-2-1-3-12-26/h4-10,17H,1-3,11-16H2,(H,25,29). The Morgan fingerprint density at radius 3 is 2.10 bits per heavy atom. The Hall–Kier alpha value is -2.73. The lowest BCUT2D eigenvalue weighted by Gasteiger charge is -2.35. The first kappa shape index (κ1) is 20.5. The molecule has 7 heteroatoms. The van der Waals surface area contributed by atoms with Gasteiger partial charge in [0, 0.05) is 61.4 Å². The van der Waals surface area contributed by atoms with Crippen LogP contribution in [0.2, 0.25) is 5.02 Å². The number of carbonyl (C=O) groups excluding carboxylic acids is 2. The van der Waals surface area contributed by atoms with E-state index < -0.39 is 11.8 Å². The van der Waals surface area contributed by atoms with Gasteiger partial charge < -0.3 is 20.0 Å². The zero-order valence-corrected chi connectivity index (χ0v) is 17.8. The zero-order valence-electron chi connectivity index (χ0n) is 17.0. The maximum atomic E-state index is 12.6. The van der Waals surface area contributed by atoms with E-state index in [1.165, 1.54) is 19.3 Å². The highest BCUT2D eigenvalue weighted by Gasteiger charge is 2.26. The van der Waals surface area contributed by atoms with E-state index in [0.717, 1.165) is 24.5 Å². The molecular formula is C23H27ClN4O2. The smallest absolute Gasteiger partial charge is 0.313 e. The molecule has 0 radical (unpaired) electrons. The summed E-state index contributed by atoms with van der Waals surface area (Å²) in [6.07, 6.45) is 3.73. The molecule has 2 aliphatic heterocycles. The molecule has 0 atom stereocenters. The number of halogens is 1. The fourth-order valence-corrected chi connectivity index (χ4v) is 4.26. The molecule has 4 rings (SSSR count). The van der Waals surface area contributed by atoms with Crippen molar-refractivity contribution in [3.05, 3.63) is 53.6 Å². The Morgan fingerprint density at radius 1 is 0.767 bits per heavy atom. The zero-order chi connectivity index (χ0) is 20.9. The number of carbonyl (C=O) groups is 2. The second kappa shape index (κ2) is 9.39. The predicted molar refractivity (Wildman–Crippen MR) is 121 cm³/mol. The van der Waals surface area contributed by atoms with Crippen LogP contribution in [0.3, 0.4) is 0 Å². The van der Waals surface area contributed by atoms with Gasteiger partial charge in [-0.2, -0.15) is 0 Å². The Morgan fingerprint density at radius 2 is 1.43 bits per heavy atom. The van der Waals surface area contributed by atoms with Gasteiger partial charge in [-0.25, -0.2) is 0 Å². The van der Waals surface area contributed by atoms with Crippen LogP contribution in [0, 0.1) is 0 Å². The van der Waals surface area contributed by atoms with Crippen molar-refractivity contribution in [1.29, 1.82) is 0 Å². The van der Waals surface area contributed by atoms with Gasteiger partial charge in [0.1, 0.15) is 0 Å². The van der Waals surface area contributed by atoms with Crippen molar-refractivity contribution in [2.24, 2.45) is 0 Å². The molecule has 0 aliphatic carbocycles. The van der Waals surface area contributed by atoms with Crippen molar-refractivity contribution in [2.75, 3.05) is 54.4 Å². The average molecular weight is 427 g/mol. The molecule has 0 saturated carbocycles.